The van der Waals surface area contributed by atoms with E-state index in [1.807, 2.05) is 0 Å². The van der Waals surface area contributed by atoms with Crippen LogP contribution in [-0.2, 0) is 6.42 Å². The molecule has 0 saturated heterocycles. The Hall–Kier alpha value is -0.500. The zero-order chi connectivity index (χ0) is 12.3. The Morgan fingerprint density at radius 2 is 2.12 bits per heavy atom. The van der Waals surface area contributed by atoms with Crippen molar-refractivity contribution in [3.63, 3.8) is 0 Å². The molecular formula is C14H23ClN2. The normalized spacial score (nSPS) is 18.4. The van der Waals surface area contributed by atoms with Gasteiger partial charge in [0.05, 0.1) is 11.7 Å². The van der Waals surface area contributed by atoms with Gasteiger partial charge in [-0.25, -0.2) is 0 Å². The molecule has 1 aromatic rings. The van der Waals surface area contributed by atoms with E-state index >= 15 is 0 Å². The van der Waals surface area contributed by atoms with Crippen molar-refractivity contribution >= 4 is 11.6 Å². The van der Waals surface area contributed by atoms with Crippen LogP contribution in [0.5, 0.6) is 0 Å². The lowest BCUT2D eigenvalue weighted by Gasteiger charge is -2.39. The molecule has 0 unspecified atom stereocenters. The van der Waals surface area contributed by atoms with Crippen molar-refractivity contribution in [3.8, 4) is 0 Å². The van der Waals surface area contributed by atoms with Crippen LogP contribution in [0, 0.1) is 5.41 Å². The van der Waals surface area contributed by atoms with Gasteiger partial charge in [-0.3, -0.25) is 4.68 Å². The summed E-state index contributed by atoms with van der Waals surface area (Å²) >= 11 is 6.10. The van der Waals surface area contributed by atoms with Gasteiger partial charge in [0, 0.05) is 12.1 Å². The van der Waals surface area contributed by atoms with Crippen molar-refractivity contribution in [2.75, 3.05) is 5.88 Å². The van der Waals surface area contributed by atoms with Crippen LogP contribution >= 0.6 is 11.6 Å². The molecule has 2 nitrogen and oxygen atoms in total. The van der Waals surface area contributed by atoms with E-state index in [1.54, 1.807) is 0 Å². The van der Waals surface area contributed by atoms with Crippen molar-refractivity contribution in [2.45, 2.75) is 58.4 Å². The van der Waals surface area contributed by atoms with Crippen molar-refractivity contribution in [2.24, 2.45) is 5.41 Å². The minimum absolute atomic E-state index is 0.356. The first kappa shape index (κ1) is 12.9. The Labute approximate surface area is 109 Å². The quantitative estimate of drug-likeness (QED) is 0.696. The number of rotatable bonds is 6. The lowest BCUT2D eigenvalue weighted by molar-refractivity contribution is 0.164. The number of halogens is 1. The monoisotopic (exact) mass is 254 g/mol. The number of hydrogen-bond acceptors (Lipinski definition) is 1. The summed E-state index contributed by atoms with van der Waals surface area (Å²) in [5, 5.41) is 4.73. The average Bonchev–Trinajstić information content (AvgIpc) is 2.74. The van der Waals surface area contributed by atoms with Crippen molar-refractivity contribution in [3.05, 3.63) is 18.0 Å². The molecule has 0 atom stereocenters. The summed E-state index contributed by atoms with van der Waals surface area (Å²) in [7, 11) is 0. The van der Waals surface area contributed by atoms with Gasteiger partial charge in [-0.2, -0.15) is 5.10 Å². The molecule has 0 aromatic carbocycles. The van der Waals surface area contributed by atoms with Gasteiger partial charge in [-0.1, -0.05) is 20.3 Å². The van der Waals surface area contributed by atoms with E-state index in [0.717, 1.165) is 25.1 Å². The van der Waals surface area contributed by atoms with Crippen LogP contribution in [0.3, 0.4) is 0 Å². The maximum atomic E-state index is 6.10. The average molecular weight is 255 g/mol. The van der Waals surface area contributed by atoms with Gasteiger partial charge < -0.3 is 0 Å². The second-order valence-corrected chi connectivity index (χ2v) is 5.69. The van der Waals surface area contributed by atoms with Crippen LogP contribution in [0.15, 0.2) is 12.3 Å². The summed E-state index contributed by atoms with van der Waals surface area (Å²) in [5.41, 5.74) is 1.58. The molecule has 1 fully saturated rings. The van der Waals surface area contributed by atoms with E-state index in [-0.39, 0.29) is 0 Å². The molecule has 1 saturated carbocycles. The maximum Gasteiger partial charge on any atom is 0.0630 e. The fourth-order valence-corrected chi connectivity index (χ4v) is 3.12. The molecule has 0 aliphatic heterocycles. The summed E-state index contributed by atoms with van der Waals surface area (Å²) in [6.45, 7) is 4.45. The van der Waals surface area contributed by atoms with E-state index in [1.165, 1.54) is 25.0 Å². The third-order valence-electron chi connectivity index (χ3n) is 4.23. The third kappa shape index (κ3) is 2.67. The molecule has 1 aliphatic carbocycles. The Kier molecular flexibility index (Phi) is 4.13. The topological polar surface area (TPSA) is 17.8 Å². The molecule has 0 N–H and O–H groups in total. The fourth-order valence-electron chi connectivity index (χ4n) is 2.76. The molecule has 2 rings (SSSR count). The molecular weight excluding hydrogens is 232 g/mol. The molecule has 3 heteroatoms. The van der Waals surface area contributed by atoms with Gasteiger partial charge >= 0.3 is 0 Å². The largest absolute Gasteiger partial charge is 0.269 e. The SMILES string of the molecule is CCC(CC)n1ccc(CC2(CCl)CCC2)n1. The summed E-state index contributed by atoms with van der Waals surface area (Å²) in [6.07, 6.45) is 9.37. The predicted octanol–water partition coefficient (Wildman–Crippen LogP) is 4.20. The van der Waals surface area contributed by atoms with Crippen molar-refractivity contribution in [1.82, 2.24) is 9.78 Å². The predicted molar refractivity (Wildman–Crippen MR) is 72.6 cm³/mol. The summed E-state index contributed by atoms with van der Waals surface area (Å²) in [5.74, 6) is 0.783. The van der Waals surface area contributed by atoms with E-state index < -0.39 is 0 Å². The van der Waals surface area contributed by atoms with Crippen LogP contribution in [0.25, 0.3) is 0 Å². The number of hydrogen-bond donors (Lipinski definition) is 0. The molecule has 1 aromatic heterocycles. The van der Waals surface area contributed by atoms with Gasteiger partial charge in [-0.15, -0.1) is 11.6 Å². The zero-order valence-electron chi connectivity index (χ0n) is 11.0. The molecule has 0 bridgehead atoms. The Bertz CT molecular complexity index is 345. The van der Waals surface area contributed by atoms with Gasteiger partial charge in [0.1, 0.15) is 0 Å². The minimum atomic E-state index is 0.356. The molecule has 17 heavy (non-hydrogen) atoms. The summed E-state index contributed by atoms with van der Waals surface area (Å²) in [4.78, 5) is 0. The standard InChI is InChI=1S/C14H23ClN2/c1-3-13(4-2)17-9-6-12(16-17)10-14(11-15)7-5-8-14/h6,9,13H,3-5,7-8,10-11H2,1-2H3. The van der Waals surface area contributed by atoms with Crippen LogP contribution in [0.1, 0.15) is 57.7 Å². The van der Waals surface area contributed by atoms with Gasteiger partial charge in [0.25, 0.3) is 0 Å². The first-order chi connectivity index (χ1) is 8.23. The van der Waals surface area contributed by atoms with Crippen LogP contribution in [-0.4, -0.2) is 15.7 Å². The van der Waals surface area contributed by atoms with Gasteiger partial charge in [-0.05, 0) is 43.6 Å². The second kappa shape index (κ2) is 5.43. The Balaban J connectivity index is 2.03. The van der Waals surface area contributed by atoms with Crippen molar-refractivity contribution < 1.29 is 0 Å². The molecule has 0 spiro atoms. The number of nitrogens with zero attached hydrogens (tertiary/aromatic N) is 2. The highest BCUT2D eigenvalue weighted by molar-refractivity contribution is 6.18. The number of alkyl halides is 1. The van der Waals surface area contributed by atoms with Crippen LogP contribution in [0.2, 0.25) is 0 Å². The zero-order valence-corrected chi connectivity index (χ0v) is 11.7. The Morgan fingerprint density at radius 3 is 2.59 bits per heavy atom. The van der Waals surface area contributed by atoms with E-state index in [0.29, 0.717) is 11.5 Å². The molecule has 0 amide bonds. The minimum Gasteiger partial charge on any atom is -0.269 e. The lowest BCUT2D eigenvalue weighted by Crippen LogP contribution is -2.33. The second-order valence-electron chi connectivity index (χ2n) is 5.42. The first-order valence-electron chi connectivity index (χ1n) is 6.83. The Morgan fingerprint density at radius 1 is 1.41 bits per heavy atom. The highest BCUT2D eigenvalue weighted by atomic mass is 35.5. The lowest BCUT2D eigenvalue weighted by atomic mass is 9.67. The highest BCUT2D eigenvalue weighted by Crippen LogP contribution is 2.44. The number of aromatic nitrogens is 2. The molecule has 1 heterocycles. The summed E-state index contributed by atoms with van der Waals surface area (Å²) < 4.78 is 2.13. The van der Waals surface area contributed by atoms with Gasteiger partial charge in [0.15, 0.2) is 0 Å². The van der Waals surface area contributed by atoms with E-state index in [2.05, 4.69) is 30.8 Å². The maximum absolute atomic E-state index is 6.10. The van der Waals surface area contributed by atoms with Gasteiger partial charge in [0.2, 0.25) is 0 Å². The first-order valence-corrected chi connectivity index (χ1v) is 7.36. The molecule has 96 valence electrons. The van der Waals surface area contributed by atoms with Crippen LogP contribution in [0.4, 0.5) is 0 Å². The third-order valence-corrected chi connectivity index (χ3v) is 4.80. The van der Waals surface area contributed by atoms with E-state index in [9.17, 15) is 0 Å². The summed E-state index contributed by atoms with van der Waals surface area (Å²) in [6, 6.07) is 2.72. The van der Waals surface area contributed by atoms with Crippen molar-refractivity contribution in [1.29, 1.82) is 0 Å². The highest BCUT2D eigenvalue weighted by Gasteiger charge is 2.36. The van der Waals surface area contributed by atoms with E-state index in [4.69, 9.17) is 16.7 Å². The fraction of sp³-hybridized carbons (Fsp3) is 0.786. The smallest absolute Gasteiger partial charge is 0.0630 e. The van der Waals surface area contributed by atoms with Crippen LogP contribution < -0.4 is 0 Å². The molecule has 0 radical (unpaired) electrons. The molecule has 1 aliphatic rings.